The van der Waals surface area contributed by atoms with E-state index in [9.17, 15) is 0 Å². The van der Waals surface area contributed by atoms with Crippen LogP contribution in [0, 0.1) is 5.92 Å². The van der Waals surface area contributed by atoms with Crippen LogP contribution in [0.25, 0.3) is 0 Å². The molecule has 1 aromatic rings. The van der Waals surface area contributed by atoms with E-state index in [1.54, 1.807) is 0 Å². The minimum Gasteiger partial charge on any atom is -0.313 e. The molecule has 0 aliphatic heterocycles. The molecule has 0 heterocycles. The lowest BCUT2D eigenvalue weighted by Crippen LogP contribution is -2.32. The first-order valence-corrected chi connectivity index (χ1v) is 7.72. The highest BCUT2D eigenvalue weighted by atomic mass is 15.1. The van der Waals surface area contributed by atoms with Crippen molar-refractivity contribution in [3.05, 3.63) is 35.4 Å². The Morgan fingerprint density at radius 1 is 1.21 bits per heavy atom. The maximum absolute atomic E-state index is 3.44. The van der Waals surface area contributed by atoms with E-state index in [2.05, 4.69) is 55.3 Å². The SMILES string of the molecule is CCNCc1ccccc1CN(CC1CC1)C(C)C. The summed E-state index contributed by atoms with van der Waals surface area (Å²) in [6.45, 7) is 11.2. The van der Waals surface area contributed by atoms with Gasteiger partial charge in [-0.3, -0.25) is 4.90 Å². The molecular weight excluding hydrogens is 232 g/mol. The Bertz CT molecular complexity index is 383. The number of hydrogen-bond acceptors (Lipinski definition) is 2. The van der Waals surface area contributed by atoms with Crippen molar-refractivity contribution >= 4 is 0 Å². The van der Waals surface area contributed by atoms with Gasteiger partial charge in [0, 0.05) is 25.7 Å². The third kappa shape index (κ3) is 4.63. The maximum Gasteiger partial charge on any atom is 0.0239 e. The van der Waals surface area contributed by atoms with Gasteiger partial charge in [-0.05, 0) is 50.3 Å². The Labute approximate surface area is 118 Å². The van der Waals surface area contributed by atoms with Crippen molar-refractivity contribution in [3.63, 3.8) is 0 Å². The van der Waals surface area contributed by atoms with E-state index >= 15 is 0 Å². The zero-order chi connectivity index (χ0) is 13.7. The normalized spacial score (nSPS) is 15.4. The van der Waals surface area contributed by atoms with Crippen LogP contribution in [0.4, 0.5) is 0 Å². The summed E-state index contributed by atoms with van der Waals surface area (Å²) in [5.41, 5.74) is 2.93. The lowest BCUT2D eigenvalue weighted by Gasteiger charge is -2.27. The highest BCUT2D eigenvalue weighted by Gasteiger charge is 2.25. The van der Waals surface area contributed by atoms with Gasteiger partial charge in [0.2, 0.25) is 0 Å². The van der Waals surface area contributed by atoms with Gasteiger partial charge in [-0.1, -0.05) is 31.2 Å². The van der Waals surface area contributed by atoms with Gasteiger partial charge >= 0.3 is 0 Å². The van der Waals surface area contributed by atoms with E-state index in [1.165, 1.54) is 30.5 Å². The summed E-state index contributed by atoms with van der Waals surface area (Å²) in [4.78, 5) is 2.63. The zero-order valence-corrected chi connectivity index (χ0v) is 12.7. The van der Waals surface area contributed by atoms with Crippen LogP contribution in [0.5, 0.6) is 0 Å². The molecule has 0 aromatic heterocycles. The van der Waals surface area contributed by atoms with Crippen LogP contribution in [0.15, 0.2) is 24.3 Å². The van der Waals surface area contributed by atoms with Crippen LogP contribution in [0.2, 0.25) is 0 Å². The molecule has 1 N–H and O–H groups in total. The standard InChI is InChI=1S/C17H28N2/c1-4-18-11-16-7-5-6-8-17(16)13-19(14(2)3)12-15-9-10-15/h5-8,14-15,18H,4,9-13H2,1-3H3. The van der Waals surface area contributed by atoms with Gasteiger partial charge in [-0.25, -0.2) is 0 Å². The minimum absolute atomic E-state index is 0.632. The molecule has 0 bridgehead atoms. The van der Waals surface area contributed by atoms with Crippen molar-refractivity contribution in [2.75, 3.05) is 13.1 Å². The van der Waals surface area contributed by atoms with E-state index in [0.29, 0.717) is 6.04 Å². The summed E-state index contributed by atoms with van der Waals surface area (Å²) in [6.07, 6.45) is 2.87. The molecular formula is C17H28N2. The van der Waals surface area contributed by atoms with Gasteiger partial charge in [0.05, 0.1) is 0 Å². The van der Waals surface area contributed by atoms with Crippen LogP contribution in [-0.4, -0.2) is 24.0 Å². The first-order valence-electron chi connectivity index (χ1n) is 7.72. The van der Waals surface area contributed by atoms with Gasteiger partial charge in [0.25, 0.3) is 0 Å². The maximum atomic E-state index is 3.44. The first-order chi connectivity index (χ1) is 9.20. The zero-order valence-electron chi connectivity index (χ0n) is 12.7. The quantitative estimate of drug-likeness (QED) is 0.770. The summed E-state index contributed by atoms with van der Waals surface area (Å²) in [7, 11) is 0. The summed E-state index contributed by atoms with van der Waals surface area (Å²) >= 11 is 0. The Morgan fingerprint density at radius 2 is 1.89 bits per heavy atom. The molecule has 0 unspecified atom stereocenters. The highest BCUT2D eigenvalue weighted by Crippen LogP contribution is 2.31. The van der Waals surface area contributed by atoms with Crippen LogP contribution in [0.3, 0.4) is 0 Å². The molecule has 0 atom stereocenters. The summed E-state index contributed by atoms with van der Waals surface area (Å²) in [5.74, 6) is 0.961. The van der Waals surface area contributed by atoms with Gasteiger partial charge in [-0.2, -0.15) is 0 Å². The van der Waals surface area contributed by atoms with Crippen LogP contribution in [0.1, 0.15) is 44.7 Å². The molecule has 2 heteroatoms. The predicted octanol–water partition coefficient (Wildman–Crippen LogP) is 3.42. The molecule has 19 heavy (non-hydrogen) atoms. The molecule has 2 nitrogen and oxygen atoms in total. The number of nitrogens with zero attached hydrogens (tertiary/aromatic N) is 1. The van der Waals surface area contributed by atoms with Gasteiger partial charge in [0.15, 0.2) is 0 Å². The Kier molecular flexibility index (Phi) is 5.41. The van der Waals surface area contributed by atoms with Crippen LogP contribution in [-0.2, 0) is 13.1 Å². The van der Waals surface area contributed by atoms with Gasteiger partial charge < -0.3 is 5.32 Å². The molecule has 1 fully saturated rings. The second kappa shape index (κ2) is 7.06. The Hall–Kier alpha value is -0.860. The molecule has 1 aromatic carbocycles. The van der Waals surface area contributed by atoms with Crippen molar-refractivity contribution in [2.45, 2.75) is 52.7 Å². The Balaban J connectivity index is 2.02. The van der Waals surface area contributed by atoms with Crippen LogP contribution < -0.4 is 5.32 Å². The van der Waals surface area contributed by atoms with Gasteiger partial charge in [-0.15, -0.1) is 0 Å². The fourth-order valence-corrected chi connectivity index (χ4v) is 2.45. The van der Waals surface area contributed by atoms with Crippen molar-refractivity contribution in [1.82, 2.24) is 10.2 Å². The molecule has 1 aliphatic carbocycles. The second-order valence-corrected chi connectivity index (χ2v) is 6.02. The molecule has 106 valence electrons. The van der Waals surface area contributed by atoms with E-state index < -0.39 is 0 Å². The van der Waals surface area contributed by atoms with E-state index in [0.717, 1.165) is 25.6 Å². The predicted molar refractivity (Wildman–Crippen MR) is 82.1 cm³/mol. The smallest absolute Gasteiger partial charge is 0.0239 e. The molecule has 0 saturated heterocycles. The topological polar surface area (TPSA) is 15.3 Å². The largest absolute Gasteiger partial charge is 0.313 e. The molecule has 0 radical (unpaired) electrons. The third-order valence-electron chi connectivity index (χ3n) is 3.98. The number of nitrogens with one attached hydrogen (secondary N) is 1. The molecule has 1 saturated carbocycles. The van der Waals surface area contributed by atoms with E-state index in [-0.39, 0.29) is 0 Å². The minimum atomic E-state index is 0.632. The third-order valence-corrected chi connectivity index (χ3v) is 3.98. The fourth-order valence-electron chi connectivity index (χ4n) is 2.45. The number of hydrogen-bond donors (Lipinski definition) is 1. The van der Waals surface area contributed by atoms with Crippen molar-refractivity contribution < 1.29 is 0 Å². The summed E-state index contributed by atoms with van der Waals surface area (Å²) < 4.78 is 0. The van der Waals surface area contributed by atoms with Crippen LogP contribution >= 0.6 is 0 Å². The molecule has 2 rings (SSSR count). The fraction of sp³-hybridized carbons (Fsp3) is 0.647. The average Bonchev–Trinajstić information content (AvgIpc) is 3.20. The Morgan fingerprint density at radius 3 is 2.47 bits per heavy atom. The first kappa shape index (κ1) is 14.5. The summed E-state index contributed by atoms with van der Waals surface area (Å²) in [6, 6.07) is 9.49. The van der Waals surface area contributed by atoms with Crippen molar-refractivity contribution in [1.29, 1.82) is 0 Å². The monoisotopic (exact) mass is 260 g/mol. The van der Waals surface area contributed by atoms with Gasteiger partial charge in [0.1, 0.15) is 0 Å². The highest BCUT2D eigenvalue weighted by molar-refractivity contribution is 5.27. The lowest BCUT2D eigenvalue weighted by atomic mass is 10.1. The average molecular weight is 260 g/mol. The number of rotatable bonds is 8. The van der Waals surface area contributed by atoms with Crippen molar-refractivity contribution in [3.8, 4) is 0 Å². The second-order valence-electron chi connectivity index (χ2n) is 6.02. The van der Waals surface area contributed by atoms with E-state index in [4.69, 9.17) is 0 Å². The van der Waals surface area contributed by atoms with E-state index in [1.807, 2.05) is 0 Å². The lowest BCUT2D eigenvalue weighted by molar-refractivity contribution is 0.203. The molecule has 0 spiro atoms. The summed E-state index contributed by atoms with van der Waals surface area (Å²) in [5, 5.41) is 3.44. The van der Waals surface area contributed by atoms with Crippen molar-refractivity contribution in [2.24, 2.45) is 5.92 Å². The number of benzene rings is 1. The molecule has 0 amide bonds. The molecule has 1 aliphatic rings.